The summed E-state index contributed by atoms with van der Waals surface area (Å²) in [6, 6.07) is 6.04. The molecule has 0 bridgehead atoms. The van der Waals surface area contributed by atoms with Crippen LogP contribution in [-0.4, -0.2) is 18.4 Å². The van der Waals surface area contributed by atoms with Gasteiger partial charge in [-0.3, -0.25) is 5.41 Å². The minimum absolute atomic E-state index is 0.0716. The molecule has 0 aliphatic rings. The molecule has 106 valence electrons. The van der Waals surface area contributed by atoms with E-state index in [9.17, 15) is 0 Å². The first-order valence-corrected chi connectivity index (χ1v) is 7.29. The molecule has 1 rings (SSSR count). The summed E-state index contributed by atoms with van der Waals surface area (Å²) in [5.41, 5.74) is 7.43. The van der Waals surface area contributed by atoms with Gasteiger partial charge in [0.15, 0.2) is 0 Å². The highest BCUT2D eigenvalue weighted by Gasteiger charge is 2.17. The monoisotopic (exact) mass is 281 g/mol. The minimum Gasteiger partial charge on any atom is -0.384 e. The summed E-state index contributed by atoms with van der Waals surface area (Å²) >= 11 is 6.01. The van der Waals surface area contributed by atoms with E-state index in [1.807, 2.05) is 12.1 Å². The molecule has 0 fully saturated rings. The van der Waals surface area contributed by atoms with Crippen LogP contribution >= 0.6 is 11.6 Å². The summed E-state index contributed by atoms with van der Waals surface area (Å²) in [7, 11) is 0. The Labute approximate surface area is 121 Å². The van der Waals surface area contributed by atoms with E-state index in [0.29, 0.717) is 11.1 Å². The minimum atomic E-state index is 0.0716. The molecule has 3 N–H and O–H groups in total. The molecule has 19 heavy (non-hydrogen) atoms. The SMILES string of the molecule is CCCCN(c1ccc(Cl)cc1C(=N)N)C(C)CC. The average molecular weight is 282 g/mol. The van der Waals surface area contributed by atoms with Crippen LogP contribution < -0.4 is 10.6 Å². The lowest BCUT2D eigenvalue weighted by Gasteiger charge is -2.32. The van der Waals surface area contributed by atoms with Gasteiger partial charge in [0.25, 0.3) is 0 Å². The highest BCUT2D eigenvalue weighted by Crippen LogP contribution is 2.27. The number of nitrogens with two attached hydrogens (primary N) is 1. The fourth-order valence-corrected chi connectivity index (χ4v) is 2.27. The molecule has 0 amide bonds. The molecule has 3 nitrogen and oxygen atoms in total. The standard InChI is InChI=1S/C15H24ClN3/c1-4-6-9-19(11(3)5-2)14-8-7-12(16)10-13(14)15(17)18/h7-8,10-11H,4-6,9H2,1-3H3,(H3,17,18). The van der Waals surface area contributed by atoms with Gasteiger partial charge in [0.2, 0.25) is 0 Å². The maximum Gasteiger partial charge on any atom is 0.124 e. The topological polar surface area (TPSA) is 53.1 Å². The zero-order valence-corrected chi connectivity index (χ0v) is 12.8. The van der Waals surface area contributed by atoms with Crippen molar-refractivity contribution in [2.45, 2.75) is 46.1 Å². The predicted octanol–water partition coefficient (Wildman–Crippen LogP) is 4.03. The highest BCUT2D eigenvalue weighted by molar-refractivity contribution is 6.31. The van der Waals surface area contributed by atoms with Crippen molar-refractivity contribution in [1.29, 1.82) is 5.41 Å². The lowest BCUT2D eigenvalue weighted by Crippen LogP contribution is -2.35. The van der Waals surface area contributed by atoms with Crippen LogP contribution in [0.25, 0.3) is 0 Å². The van der Waals surface area contributed by atoms with E-state index in [2.05, 4.69) is 25.7 Å². The second-order valence-corrected chi connectivity index (χ2v) is 5.32. The van der Waals surface area contributed by atoms with Gasteiger partial charge in [0, 0.05) is 28.9 Å². The highest BCUT2D eigenvalue weighted by atomic mass is 35.5. The number of rotatable bonds is 7. The van der Waals surface area contributed by atoms with Gasteiger partial charge in [-0.05, 0) is 38.0 Å². The van der Waals surface area contributed by atoms with E-state index >= 15 is 0 Å². The molecule has 0 radical (unpaired) electrons. The average Bonchev–Trinajstić information content (AvgIpc) is 2.39. The Morgan fingerprint density at radius 3 is 2.63 bits per heavy atom. The number of nitrogens with zero attached hydrogens (tertiary/aromatic N) is 1. The van der Waals surface area contributed by atoms with Gasteiger partial charge in [-0.15, -0.1) is 0 Å². The van der Waals surface area contributed by atoms with Gasteiger partial charge >= 0.3 is 0 Å². The summed E-state index contributed by atoms with van der Waals surface area (Å²) < 4.78 is 0. The largest absolute Gasteiger partial charge is 0.384 e. The van der Waals surface area contributed by atoms with E-state index < -0.39 is 0 Å². The van der Waals surface area contributed by atoms with Gasteiger partial charge in [-0.1, -0.05) is 31.9 Å². The zero-order chi connectivity index (χ0) is 14.4. The lowest BCUT2D eigenvalue weighted by molar-refractivity contribution is 0.595. The van der Waals surface area contributed by atoms with Crippen molar-refractivity contribution >= 4 is 23.1 Å². The number of nitrogens with one attached hydrogen (secondary N) is 1. The molecule has 0 aliphatic carbocycles. The molecular formula is C15H24ClN3. The fourth-order valence-electron chi connectivity index (χ4n) is 2.10. The zero-order valence-electron chi connectivity index (χ0n) is 12.0. The van der Waals surface area contributed by atoms with Crippen LogP contribution in [0.4, 0.5) is 5.69 Å². The molecule has 1 aromatic carbocycles. The summed E-state index contributed by atoms with van der Waals surface area (Å²) in [5.74, 6) is 0.0716. The third kappa shape index (κ3) is 4.13. The second kappa shape index (κ2) is 7.39. The van der Waals surface area contributed by atoms with Crippen LogP contribution in [0.15, 0.2) is 18.2 Å². The van der Waals surface area contributed by atoms with Crippen LogP contribution in [0.5, 0.6) is 0 Å². The molecule has 0 spiro atoms. The van der Waals surface area contributed by atoms with Crippen LogP contribution in [0.2, 0.25) is 5.02 Å². The van der Waals surface area contributed by atoms with E-state index in [1.165, 1.54) is 0 Å². The Bertz CT molecular complexity index is 431. The number of nitrogen functional groups attached to an aromatic ring is 1. The number of hydrogen-bond acceptors (Lipinski definition) is 2. The first-order valence-electron chi connectivity index (χ1n) is 6.91. The Balaban J connectivity index is 3.17. The lowest BCUT2D eigenvalue weighted by atomic mass is 10.1. The molecule has 4 heteroatoms. The molecular weight excluding hydrogens is 258 g/mol. The third-order valence-corrected chi connectivity index (χ3v) is 3.67. The summed E-state index contributed by atoms with van der Waals surface area (Å²) in [6.07, 6.45) is 3.34. The Morgan fingerprint density at radius 2 is 2.11 bits per heavy atom. The van der Waals surface area contributed by atoms with Crippen LogP contribution in [0.1, 0.15) is 45.6 Å². The molecule has 0 saturated heterocycles. The van der Waals surface area contributed by atoms with Crippen molar-refractivity contribution in [3.63, 3.8) is 0 Å². The van der Waals surface area contributed by atoms with Gasteiger partial charge < -0.3 is 10.6 Å². The third-order valence-electron chi connectivity index (χ3n) is 3.43. The van der Waals surface area contributed by atoms with E-state index in [-0.39, 0.29) is 5.84 Å². The number of halogens is 1. The van der Waals surface area contributed by atoms with Crippen molar-refractivity contribution in [1.82, 2.24) is 0 Å². The van der Waals surface area contributed by atoms with E-state index in [0.717, 1.165) is 37.1 Å². The first kappa shape index (κ1) is 15.8. The number of unbranched alkanes of at least 4 members (excludes halogenated alkanes) is 1. The number of amidine groups is 1. The number of hydrogen-bond donors (Lipinski definition) is 2. The Hall–Kier alpha value is -1.22. The maximum atomic E-state index is 7.73. The van der Waals surface area contributed by atoms with Crippen LogP contribution in [-0.2, 0) is 0 Å². The molecule has 1 atom stereocenters. The van der Waals surface area contributed by atoms with Gasteiger partial charge in [0.1, 0.15) is 5.84 Å². The summed E-state index contributed by atoms with van der Waals surface area (Å²) in [5, 5.41) is 8.35. The normalized spacial score (nSPS) is 12.2. The molecule has 0 heterocycles. The van der Waals surface area contributed by atoms with Crippen molar-refractivity contribution < 1.29 is 0 Å². The van der Waals surface area contributed by atoms with Gasteiger partial charge in [-0.2, -0.15) is 0 Å². The molecule has 0 aliphatic heterocycles. The number of anilines is 1. The van der Waals surface area contributed by atoms with E-state index in [4.69, 9.17) is 22.7 Å². The van der Waals surface area contributed by atoms with Crippen LogP contribution in [0, 0.1) is 5.41 Å². The Morgan fingerprint density at radius 1 is 1.42 bits per heavy atom. The van der Waals surface area contributed by atoms with Crippen molar-refractivity contribution in [3.05, 3.63) is 28.8 Å². The van der Waals surface area contributed by atoms with Crippen LogP contribution in [0.3, 0.4) is 0 Å². The molecule has 0 saturated carbocycles. The molecule has 1 unspecified atom stereocenters. The first-order chi connectivity index (χ1) is 9.01. The van der Waals surface area contributed by atoms with Gasteiger partial charge in [0.05, 0.1) is 0 Å². The predicted molar refractivity (Wildman–Crippen MR) is 84.5 cm³/mol. The number of benzene rings is 1. The summed E-state index contributed by atoms with van der Waals surface area (Å²) in [4.78, 5) is 2.33. The molecule has 1 aromatic rings. The maximum absolute atomic E-state index is 7.73. The van der Waals surface area contributed by atoms with Crippen molar-refractivity contribution in [3.8, 4) is 0 Å². The second-order valence-electron chi connectivity index (χ2n) is 4.88. The smallest absolute Gasteiger partial charge is 0.124 e. The molecule has 0 aromatic heterocycles. The quantitative estimate of drug-likeness (QED) is 0.586. The fraction of sp³-hybridized carbons (Fsp3) is 0.533. The van der Waals surface area contributed by atoms with Gasteiger partial charge in [-0.25, -0.2) is 0 Å². The van der Waals surface area contributed by atoms with Crippen molar-refractivity contribution in [2.24, 2.45) is 5.73 Å². The summed E-state index contributed by atoms with van der Waals surface area (Å²) in [6.45, 7) is 7.54. The van der Waals surface area contributed by atoms with Crippen molar-refractivity contribution in [2.75, 3.05) is 11.4 Å². The Kier molecular flexibility index (Phi) is 6.16. The van der Waals surface area contributed by atoms with E-state index in [1.54, 1.807) is 6.07 Å².